The fourth-order valence-electron chi connectivity index (χ4n) is 4.32. The molecule has 0 spiro atoms. The molecule has 2 aliphatic rings. The molecular weight excluding hydrogens is 503 g/mol. The number of aliphatic carboxylic acids is 1. The van der Waals surface area contributed by atoms with Gasteiger partial charge >= 0.3 is 11.9 Å². The molecule has 0 amide bonds. The van der Waals surface area contributed by atoms with E-state index >= 15 is 0 Å². The third-order valence-corrected chi connectivity index (χ3v) is 6.25. The van der Waals surface area contributed by atoms with Crippen LogP contribution in [0.5, 0.6) is 0 Å². The van der Waals surface area contributed by atoms with Crippen LogP contribution in [-0.2, 0) is 21.4 Å². The van der Waals surface area contributed by atoms with Crippen molar-refractivity contribution in [1.82, 2.24) is 19.8 Å². The first-order chi connectivity index (χ1) is 17.0. The number of amidine groups is 1. The summed E-state index contributed by atoms with van der Waals surface area (Å²) in [7, 11) is 1.71. The number of alkyl halides is 2. The van der Waals surface area contributed by atoms with Gasteiger partial charge < -0.3 is 19.7 Å². The van der Waals surface area contributed by atoms with E-state index in [-0.39, 0.29) is 40.8 Å². The molecule has 0 saturated carbocycles. The number of esters is 1. The molecule has 2 unspecified atom stereocenters. The van der Waals surface area contributed by atoms with Gasteiger partial charge in [0.05, 0.1) is 18.7 Å². The second kappa shape index (κ2) is 9.94. The van der Waals surface area contributed by atoms with Crippen LogP contribution in [0.15, 0.2) is 46.9 Å². The van der Waals surface area contributed by atoms with Gasteiger partial charge in [-0.05, 0) is 19.1 Å². The number of aliphatic imine (C=N–C) groups is 1. The van der Waals surface area contributed by atoms with Gasteiger partial charge in [0.15, 0.2) is 11.7 Å². The third kappa shape index (κ3) is 5.09. The minimum Gasteiger partial charge on any atom is -0.480 e. The molecule has 192 valence electrons. The molecule has 36 heavy (non-hydrogen) atoms. The number of aryl methyl sites for hydroxylation is 1. The molecule has 3 heterocycles. The molecule has 2 atom stereocenters. The zero-order chi connectivity index (χ0) is 26.2. The molecule has 1 aromatic heterocycles. The van der Waals surface area contributed by atoms with Crippen molar-refractivity contribution in [3.8, 4) is 0 Å². The van der Waals surface area contributed by atoms with Crippen molar-refractivity contribution in [2.45, 2.75) is 31.4 Å². The number of ether oxygens (including phenoxy) is 1. The normalized spacial score (nSPS) is 21.8. The van der Waals surface area contributed by atoms with Crippen LogP contribution >= 0.6 is 11.6 Å². The highest BCUT2D eigenvalue weighted by Gasteiger charge is 2.49. The van der Waals surface area contributed by atoms with Crippen molar-refractivity contribution < 1.29 is 32.6 Å². The topological polar surface area (TPSA) is 109 Å². The SMILES string of the molecule is CCOC(=O)C1=C(CN2CC(F)(F)CC2C(=O)O)NC(c2nccn2C)=NC1c1ccc(F)cc1Cl. The van der Waals surface area contributed by atoms with Crippen LogP contribution in [0, 0.1) is 5.82 Å². The number of hydrogen-bond acceptors (Lipinski definition) is 7. The summed E-state index contributed by atoms with van der Waals surface area (Å²) >= 11 is 6.32. The van der Waals surface area contributed by atoms with Crippen molar-refractivity contribution in [2.24, 2.45) is 12.0 Å². The molecule has 2 aliphatic heterocycles. The van der Waals surface area contributed by atoms with E-state index in [2.05, 4.69) is 15.3 Å². The van der Waals surface area contributed by atoms with E-state index in [4.69, 9.17) is 16.3 Å². The average Bonchev–Trinajstić information content (AvgIpc) is 3.35. The summed E-state index contributed by atoms with van der Waals surface area (Å²) in [6.45, 7) is 0.439. The molecule has 0 bridgehead atoms. The summed E-state index contributed by atoms with van der Waals surface area (Å²) in [6, 6.07) is 1.02. The molecule has 1 saturated heterocycles. The Kier molecular flexibility index (Phi) is 7.10. The lowest BCUT2D eigenvalue weighted by Crippen LogP contribution is -2.44. The van der Waals surface area contributed by atoms with Crippen molar-refractivity contribution in [3.05, 3.63) is 64.1 Å². The maximum Gasteiger partial charge on any atom is 0.338 e. The van der Waals surface area contributed by atoms with Gasteiger partial charge in [-0.25, -0.2) is 22.9 Å². The number of carboxylic acid groups (broad SMARTS) is 1. The van der Waals surface area contributed by atoms with Gasteiger partial charge in [0.1, 0.15) is 17.9 Å². The average molecular weight is 526 g/mol. The molecule has 2 aromatic rings. The highest BCUT2D eigenvalue weighted by molar-refractivity contribution is 6.31. The van der Waals surface area contributed by atoms with Crippen LogP contribution in [0.2, 0.25) is 5.02 Å². The Morgan fingerprint density at radius 1 is 1.36 bits per heavy atom. The molecule has 9 nitrogen and oxygen atoms in total. The number of hydrogen-bond donors (Lipinski definition) is 2. The molecule has 0 radical (unpaired) electrons. The van der Waals surface area contributed by atoms with Gasteiger partial charge in [0, 0.05) is 48.7 Å². The number of halogens is 4. The van der Waals surface area contributed by atoms with Crippen LogP contribution in [0.4, 0.5) is 13.2 Å². The van der Waals surface area contributed by atoms with E-state index < -0.39 is 48.7 Å². The van der Waals surface area contributed by atoms with Crippen molar-refractivity contribution >= 4 is 29.4 Å². The Hall–Kier alpha value is -3.38. The van der Waals surface area contributed by atoms with Crippen LogP contribution < -0.4 is 5.32 Å². The minimum absolute atomic E-state index is 0.00889. The number of nitrogens with zero attached hydrogens (tertiary/aromatic N) is 4. The van der Waals surface area contributed by atoms with Gasteiger partial charge in [0.2, 0.25) is 0 Å². The van der Waals surface area contributed by atoms with E-state index in [1.54, 1.807) is 24.7 Å². The summed E-state index contributed by atoms with van der Waals surface area (Å²) in [5.74, 6) is -5.48. The number of carboxylic acids is 1. The molecule has 13 heteroatoms. The second-order valence-electron chi connectivity index (χ2n) is 8.46. The van der Waals surface area contributed by atoms with Crippen LogP contribution in [-0.4, -0.2) is 69.0 Å². The summed E-state index contributed by atoms with van der Waals surface area (Å²) in [6.07, 6.45) is 2.31. The van der Waals surface area contributed by atoms with Gasteiger partial charge in [-0.1, -0.05) is 17.7 Å². The fraction of sp³-hybridized carbons (Fsp3) is 0.391. The number of carbonyl (C=O) groups is 2. The quantitative estimate of drug-likeness (QED) is 0.535. The maximum absolute atomic E-state index is 14.2. The van der Waals surface area contributed by atoms with E-state index in [1.807, 2.05) is 0 Å². The van der Waals surface area contributed by atoms with Crippen molar-refractivity contribution in [2.75, 3.05) is 19.7 Å². The molecule has 1 fully saturated rings. The van der Waals surface area contributed by atoms with Crippen LogP contribution in [0.3, 0.4) is 0 Å². The lowest BCUT2D eigenvalue weighted by molar-refractivity contribution is -0.142. The summed E-state index contributed by atoms with van der Waals surface area (Å²) in [5.41, 5.74) is 0.326. The number of nitrogens with one attached hydrogen (secondary N) is 1. The van der Waals surface area contributed by atoms with Gasteiger partial charge in [-0.15, -0.1) is 0 Å². The van der Waals surface area contributed by atoms with Crippen LogP contribution in [0.25, 0.3) is 0 Å². The largest absolute Gasteiger partial charge is 0.480 e. The molecule has 2 N–H and O–H groups in total. The molecular formula is C23H23ClF3N5O4. The lowest BCUT2D eigenvalue weighted by Gasteiger charge is -2.30. The number of carbonyl (C=O) groups excluding carboxylic acids is 1. The Morgan fingerprint density at radius 3 is 2.72 bits per heavy atom. The van der Waals surface area contributed by atoms with Crippen LogP contribution in [0.1, 0.15) is 30.8 Å². The first-order valence-electron chi connectivity index (χ1n) is 11.0. The van der Waals surface area contributed by atoms with E-state index in [9.17, 15) is 27.9 Å². The van der Waals surface area contributed by atoms with Crippen molar-refractivity contribution in [1.29, 1.82) is 0 Å². The Labute approximate surface area is 209 Å². The Bertz CT molecular complexity index is 1260. The lowest BCUT2D eigenvalue weighted by atomic mass is 9.95. The number of aromatic nitrogens is 2. The molecule has 1 aromatic carbocycles. The first kappa shape index (κ1) is 25.7. The zero-order valence-electron chi connectivity index (χ0n) is 19.3. The fourth-order valence-corrected chi connectivity index (χ4v) is 4.59. The first-order valence-corrected chi connectivity index (χ1v) is 11.4. The summed E-state index contributed by atoms with van der Waals surface area (Å²) in [5, 5.41) is 12.5. The van der Waals surface area contributed by atoms with E-state index in [0.29, 0.717) is 5.82 Å². The number of benzene rings is 1. The highest BCUT2D eigenvalue weighted by Crippen LogP contribution is 2.38. The minimum atomic E-state index is -3.22. The van der Waals surface area contributed by atoms with Gasteiger partial charge in [-0.3, -0.25) is 14.7 Å². The summed E-state index contributed by atoms with van der Waals surface area (Å²) < 4.78 is 49.1. The number of likely N-dealkylation sites (tertiary alicyclic amines) is 1. The second-order valence-corrected chi connectivity index (χ2v) is 8.87. The molecule has 0 aliphatic carbocycles. The van der Waals surface area contributed by atoms with Crippen molar-refractivity contribution in [3.63, 3.8) is 0 Å². The van der Waals surface area contributed by atoms with Gasteiger partial charge in [0.25, 0.3) is 5.92 Å². The highest BCUT2D eigenvalue weighted by atomic mass is 35.5. The predicted molar refractivity (Wildman–Crippen MR) is 123 cm³/mol. The standard InChI is InChI=1S/C23H23ClF3N5O4/c1-3-36-22(35)17-15(10-32-11-23(26,27)9-16(32)21(33)34)29-19(20-28-6-7-31(20)2)30-18(17)13-5-4-12(25)8-14(13)24/h4-8,16,18H,3,9-11H2,1-2H3,(H,29,30)(H,33,34). The Balaban J connectivity index is 1.87. The van der Waals surface area contributed by atoms with E-state index in [1.165, 1.54) is 12.3 Å². The number of imidazole rings is 1. The molecule has 4 rings (SSSR count). The predicted octanol–water partition coefficient (Wildman–Crippen LogP) is 2.92. The Morgan fingerprint density at radius 2 is 2.11 bits per heavy atom. The zero-order valence-corrected chi connectivity index (χ0v) is 20.1. The van der Waals surface area contributed by atoms with Gasteiger partial charge in [-0.2, -0.15) is 0 Å². The third-order valence-electron chi connectivity index (χ3n) is 5.92. The smallest absolute Gasteiger partial charge is 0.338 e. The monoisotopic (exact) mass is 525 g/mol. The maximum atomic E-state index is 14.2. The number of rotatable bonds is 7. The summed E-state index contributed by atoms with van der Waals surface area (Å²) in [4.78, 5) is 34.8. The van der Waals surface area contributed by atoms with E-state index in [0.717, 1.165) is 17.0 Å².